The molecule has 0 saturated carbocycles. The molecule has 2 amide bonds. The maximum Gasteiger partial charge on any atom is 0.267 e. The van der Waals surface area contributed by atoms with Gasteiger partial charge in [-0.2, -0.15) is 5.10 Å². The highest BCUT2D eigenvalue weighted by atomic mass is 16.2. The minimum absolute atomic E-state index is 0.171. The summed E-state index contributed by atoms with van der Waals surface area (Å²) in [5.41, 5.74) is 5.33. The van der Waals surface area contributed by atoms with Gasteiger partial charge in [-0.15, -0.1) is 0 Å². The van der Waals surface area contributed by atoms with Gasteiger partial charge in [0.1, 0.15) is 6.04 Å². The van der Waals surface area contributed by atoms with Crippen molar-refractivity contribution in [2.75, 3.05) is 10.6 Å². The number of nitrogens with zero attached hydrogens (tertiary/aromatic N) is 2. The monoisotopic (exact) mass is 418 g/mol. The molecule has 2 N–H and O–H groups in total. The fourth-order valence-corrected chi connectivity index (χ4v) is 3.14. The number of rotatable bonds is 5. The van der Waals surface area contributed by atoms with E-state index in [9.17, 15) is 14.4 Å². The zero-order valence-corrected chi connectivity index (χ0v) is 18.3. The smallest absolute Gasteiger partial charge is 0.267 e. The van der Waals surface area contributed by atoms with Gasteiger partial charge in [-0.3, -0.25) is 14.4 Å². The molecule has 0 unspecified atom stereocenters. The van der Waals surface area contributed by atoms with E-state index in [1.165, 1.54) is 17.7 Å². The fraction of sp³-hybridized carbons (Fsp3) is 0.250. The first-order chi connectivity index (χ1) is 14.7. The van der Waals surface area contributed by atoms with Gasteiger partial charge in [-0.1, -0.05) is 18.2 Å². The van der Waals surface area contributed by atoms with E-state index in [-0.39, 0.29) is 17.4 Å². The number of hydrogen-bond acceptors (Lipinski definition) is 4. The Bertz CT molecular complexity index is 1210. The Hall–Kier alpha value is -3.74. The van der Waals surface area contributed by atoms with Crippen LogP contribution in [0, 0.1) is 20.8 Å². The molecule has 0 fully saturated rings. The standard InChI is InChI=1S/C24H26N4O3/c1-14-7-9-20(12-16(14)3)26-24(31)17(4)28-23(30)11-10-21(27-28)19-8-6-15(2)22(13-19)25-18(5)29/h6-13,17H,1-5H3,(H,25,29)(H,26,31)/t17-/m1/s1. The van der Waals surface area contributed by atoms with E-state index < -0.39 is 6.04 Å². The number of carbonyl (C=O) groups is 2. The second-order valence-corrected chi connectivity index (χ2v) is 7.68. The van der Waals surface area contributed by atoms with Crippen molar-refractivity contribution in [1.29, 1.82) is 0 Å². The van der Waals surface area contributed by atoms with Crippen LogP contribution in [0.2, 0.25) is 0 Å². The normalized spacial score (nSPS) is 11.6. The molecule has 31 heavy (non-hydrogen) atoms. The number of aromatic nitrogens is 2. The van der Waals surface area contributed by atoms with Crippen molar-refractivity contribution in [2.45, 2.75) is 40.7 Å². The summed E-state index contributed by atoms with van der Waals surface area (Å²) in [6, 6.07) is 13.4. The summed E-state index contributed by atoms with van der Waals surface area (Å²) in [5, 5.41) is 10.1. The van der Waals surface area contributed by atoms with Gasteiger partial charge in [-0.05, 0) is 68.7 Å². The average Bonchev–Trinajstić information content (AvgIpc) is 2.72. The van der Waals surface area contributed by atoms with Crippen LogP contribution < -0.4 is 16.2 Å². The molecule has 0 saturated heterocycles. The van der Waals surface area contributed by atoms with E-state index in [4.69, 9.17) is 0 Å². The summed E-state index contributed by atoms with van der Waals surface area (Å²) in [5.74, 6) is -0.507. The number of amides is 2. The van der Waals surface area contributed by atoms with Crippen LogP contribution in [-0.2, 0) is 9.59 Å². The van der Waals surface area contributed by atoms with Gasteiger partial charge >= 0.3 is 0 Å². The maximum absolute atomic E-state index is 12.8. The quantitative estimate of drug-likeness (QED) is 0.655. The predicted molar refractivity (Wildman–Crippen MR) is 122 cm³/mol. The maximum atomic E-state index is 12.8. The summed E-state index contributed by atoms with van der Waals surface area (Å²) in [4.78, 5) is 36.6. The van der Waals surface area contributed by atoms with Crippen molar-refractivity contribution in [3.05, 3.63) is 75.6 Å². The molecule has 3 rings (SSSR count). The van der Waals surface area contributed by atoms with Crippen LogP contribution in [0.5, 0.6) is 0 Å². The highest BCUT2D eigenvalue weighted by molar-refractivity contribution is 5.93. The van der Waals surface area contributed by atoms with E-state index in [0.29, 0.717) is 17.1 Å². The van der Waals surface area contributed by atoms with Crippen molar-refractivity contribution >= 4 is 23.2 Å². The first-order valence-electron chi connectivity index (χ1n) is 10.0. The van der Waals surface area contributed by atoms with Crippen molar-refractivity contribution in [3.63, 3.8) is 0 Å². The van der Waals surface area contributed by atoms with Crippen molar-refractivity contribution < 1.29 is 9.59 Å². The molecule has 7 nitrogen and oxygen atoms in total. The second kappa shape index (κ2) is 8.95. The Balaban J connectivity index is 1.90. The largest absolute Gasteiger partial charge is 0.326 e. The first-order valence-corrected chi connectivity index (χ1v) is 10.0. The topological polar surface area (TPSA) is 93.1 Å². The van der Waals surface area contributed by atoms with Gasteiger partial charge < -0.3 is 10.6 Å². The summed E-state index contributed by atoms with van der Waals surface area (Å²) in [7, 11) is 0. The third-order valence-electron chi connectivity index (χ3n) is 5.19. The summed E-state index contributed by atoms with van der Waals surface area (Å²) >= 11 is 0. The molecule has 0 aliphatic rings. The van der Waals surface area contributed by atoms with E-state index in [2.05, 4.69) is 15.7 Å². The Morgan fingerprint density at radius 3 is 2.29 bits per heavy atom. The summed E-state index contributed by atoms with van der Waals surface area (Å²) in [6.45, 7) is 8.94. The van der Waals surface area contributed by atoms with Crippen LogP contribution in [0.15, 0.2) is 53.3 Å². The van der Waals surface area contributed by atoms with Gasteiger partial charge in [0, 0.05) is 29.9 Å². The minimum Gasteiger partial charge on any atom is -0.326 e. The van der Waals surface area contributed by atoms with Crippen molar-refractivity contribution in [1.82, 2.24) is 9.78 Å². The zero-order chi connectivity index (χ0) is 22.7. The predicted octanol–water partition coefficient (Wildman–Crippen LogP) is 3.99. The first kappa shape index (κ1) is 22.0. The SMILES string of the molecule is CC(=O)Nc1cc(-c2ccc(=O)n([C@H](C)C(=O)Nc3ccc(C)c(C)c3)n2)ccc1C. The molecular weight excluding hydrogens is 392 g/mol. The Labute approximate surface area is 181 Å². The van der Waals surface area contributed by atoms with Gasteiger partial charge in [0.25, 0.3) is 5.56 Å². The summed E-state index contributed by atoms with van der Waals surface area (Å²) < 4.78 is 1.17. The van der Waals surface area contributed by atoms with Crippen LogP contribution in [0.25, 0.3) is 11.3 Å². The lowest BCUT2D eigenvalue weighted by Crippen LogP contribution is -2.33. The molecule has 160 valence electrons. The van der Waals surface area contributed by atoms with Crippen LogP contribution >= 0.6 is 0 Å². The third kappa shape index (κ3) is 5.06. The Morgan fingerprint density at radius 1 is 0.903 bits per heavy atom. The average molecular weight is 418 g/mol. The number of nitrogens with one attached hydrogen (secondary N) is 2. The fourth-order valence-electron chi connectivity index (χ4n) is 3.14. The number of carbonyl (C=O) groups excluding carboxylic acids is 2. The molecule has 0 spiro atoms. The second-order valence-electron chi connectivity index (χ2n) is 7.68. The Morgan fingerprint density at radius 2 is 1.61 bits per heavy atom. The van der Waals surface area contributed by atoms with E-state index >= 15 is 0 Å². The summed E-state index contributed by atoms with van der Waals surface area (Å²) in [6.07, 6.45) is 0. The molecule has 0 aliphatic heterocycles. The van der Waals surface area contributed by atoms with Gasteiger partial charge in [0.15, 0.2) is 0 Å². The van der Waals surface area contributed by atoms with Crippen LogP contribution in [0.1, 0.15) is 36.6 Å². The van der Waals surface area contributed by atoms with Gasteiger partial charge in [-0.25, -0.2) is 4.68 Å². The lowest BCUT2D eigenvalue weighted by Gasteiger charge is -2.16. The molecular formula is C24H26N4O3. The molecule has 1 heterocycles. The van der Waals surface area contributed by atoms with Crippen molar-refractivity contribution in [2.24, 2.45) is 0 Å². The highest BCUT2D eigenvalue weighted by Gasteiger charge is 2.19. The lowest BCUT2D eigenvalue weighted by atomic mass is 10.1. The van der Waals surface area contributed by atoms with Gasteiger partial charge in [0.2, 0.25) is 11.8 Å². The molecule has 0 bridgehead atoms. The molecule has 1 aromatic heterocycles. The number of aryl methyl sites for hydroxylation is 3. The van der Waals surface area contributed by atoms with Crippen molar-refractivity contribution in [3.8, 4) is 11.3 Å². The zero-order valence-electron chi connectivity index (χ0n) is 18.3. The number of benzene rings is 2. The van der Waals surface area contributed by atoms with Crippen LogP contribution in [0.3, 0.4) is 0 Å². The number of anilines is 2. The van der Waals surface area contributed by atoms with Crippen LogP contribution in [-0.4, -0.2) is 21.6 Å². The molecule has 0 aliphatic carbocycles. The minimum atomic E-state index is -0.811. The van der Waals surface area contributed by atoms with Crippen LogP contribution in [0.4, 0.5) is 11.4 Å². The molecule has 0 radical (unpaired) electrons. The number of hydrogen-bond donors (Lipinski definition) is 2. The molecule has 2 aromatic carbocycles. The third-order valence-corrected chi connectivity index (χ3v) is 5.19. The molecule has 3 aromatic rings. The van der Waals surface area contributed by atoms with Gasteiger partial charge in [0.05, 0.1) is 5.69 Å². The van der Waals surface area contributed by atoms with E-state index in [1.54, 1.807) is 19.1 Å². The van der Waals surface area contributed by atoms with E-state index in [0.717, 1.165) is 22.3 Å². The molecule has 7 heteroatoms. The van der Waals surface area contributed by atoms with E-state index in [1.807, 2.05) is 51.1 Å². The Kier molecular flexibility index (Phi) is 6.34. The lowest BCUT2D eigenvalue weighted by molar-refractivity contribution is -0.119. The highest BCUT2D eigenvalue weighted by Crippen LogP contribution is 2.24. The molecule has 1 atom stereocenters.